The van der Waals surface area contributed by atoms with Gasteiger partial charge in [-0.25, -0.2) is 13.6 Å². The van der Waals surface area contributed by atoms with Crippen LogP contribution >= 0.6 is 0 Å². The number of hydrogen-bond acceptors (Lipinski definition) is 5. The second kappa shape index (κ2) is 10.1. The summed E-state index contributed by atoms with van der Waals surface area (Å²) in [6.07, 6.45) is 6.15. The summed E-state index contributed by atoms with van der Waals surface area (Å²) in [5.74, 6) is -0.0313. The van der Waals surface area contributed by atoms with Crippen LogP contribution in [0.15, 0.2) is 96.3 Å². The molecule has 188 valence electrons. The van der Waals surface area contributed by atoms with E-state index >= 15 is 0 Å². The highest BCUT2D eigenvalue weighted by Gasteiger charge is 2.24. The van der Waals surface area contributed by atoms with Crippen LogP contribution in [0.25, 0.3) is 22.0 Å². The lowest BCUT2D eigenvalue weighted by molar-refractivity contribution is 0.0945. The summed E-state index contributed by atoms with van der Waals surface area (Å²) in [7, 11) is -1.85. The number of nitrogens with two attached hydrogens (primary N) is 1. The Morgan fingerprint density at radius 2 is 1.81 bits per heavy atom. The van der Waals surface area contributed by atoms with Crippen molar-refractivity contribution in [2.75, 3.05) is 6.54 Å². The number of H-pyrrole nitrogens is 1. The zero-order valence-corrected chi connectivity index (χ0v) is 21.1. The topological polar surface area (TPSA) is 123 Å². The van der Waals surface area contributed by atoms with Crippen molar-refractivity contribution in [2.45, 2.75) is 17.4 Å². The number of carbonyl (C=O) groups is 1. The number of ketones is 1. The number of hydrogen-bond donors (Lipinski definition) is 3. The van der Waals surface area contributed by atoms with E-state index in [2.05, 4.69) is 15.4 Å². The fraction of sp³-hybridized carbons (Fsp3) is 0.143. The van der Waals surface area contributed by atoms with Crippen molar-refractivity contribution in [1.82, 2.24) is 20.1 Å². The van der Waals surface area contributed by atoms with Gasteiger partial charge in [0.05, 0.1) is 17.1 Å². The SMILES string of the molecule is Cn1cc(-c2ccc3c(C(=O)C(NCCc4ccc(S(N)(=O)=O)cc4)c4ccccc4)c[nH]c3c2)cn1. The number of carbonyl (C=O) groups excluding carboxylic acids is 1. The van der Waals surface area contributed by atoms with Crippen LogP contribution in [0.1, 0.15) is 27.5 Å². The second-order valence-corrected chi connectivity index (χ2v) is 10.5. The molecular formula is C28H27N5O3S. The molecule has 5 aromatic rings. The molecule has 0 amide bonds. The van der Waals surface area contributed by atoms with E-state index < -0.39 is 16.1 Å². The quantitative estimate of drug-likeness (QED) is 0.257. The van der Waals surface area contributed by atoms with E-state index in [0.717, 1.165) is 33.2 Å². The Morgan fingerprint density at radius 1 is 1.05 bits per heavy atom. The summed E-state index contributed by atoms with van der Waals surface area (Å²) in [6, 6.07) is 21.5. The molecule has 8 nitrogen and oxygen atoms in total. The van der Waals surface area contributed by atoms with Gasteiger partial charge in [-0.3, -0.25) is 9.48 Å². The minimum atomic E-state index is -3.73. The Hall–Kier alpha value is -4.05. The number of nitrogens with zero attached hydrogens (tertiary/aromatic N) is 2. The largest absolute Gasteiger partial charge is 0.360 e. The van der Waals surface area contributed by atoms with Gasteiger partial charge in [0.25, 0.3) is 0 Å². The number of rotatable bonds is 9. The molecule has 0 aliphatic heterocycles. The van der Waals surface area contributed by atoms with Gasteiger partial charge in [0.15, 0.2) is 5.78 Å². The normalized spacial score (nSPS) is 12.6. The summed E-state index contributed by atoms with van der Waals surface area (Å²) in [6.45, 7) is 0.521. The maximum absolute atomic E-state index is 13.8. The van der Waals surface area contributed by atoms with Crippen molar-refractivity contribution in [1.29, 1.82) is 0 Å². The van der Waals surface area contributed by atoms with Crippen molar-refractivity contribution in [2.24, 2.45) is 12.2 Å². The number of aryl methyl sites for hydroxylation is 1. The predicted molar refractivity (Wildman–Crippen MR) is 144 cm³/mol. The van der Waals surface area contributed by atoms with Gasteiger partial charge in [-0.05, 0) is 41.3 Å². The summed E-state index contributed by atoms with van der Waals surface area (Å²) >= 11 is 0. The molecule has 9 heteroatoms. The molecule has 0 aliphatic rings. The average Bonchev–Trinajstić information content (AvgIpc) is 3.52. The maximum atomic E-state index is 13.8. The number of aromatic amines is 1. The number of nitrogens with one attached hydrogen (secondary N) is 2. The zero-order valence-electron chi connectivity index (χ0n) is 20.3. The Morgan fingerprint density at radius 3 is 2.49 bits per heavy atom. The number of primary sulfonamides is 1. The summed E-state index contributed by atoms with van der Waals surface area (Å²) < 4.78 is 24.8. The Balaban J connectivity index is 1.37. The predicted octanol–water partition coefficient (Wildman–Crippen LogP) is 3.97. The summed E-state index contributed by atoms with van der Waals surface area (Å²) in [4.78, 5) is 17.1. The van der Waals surface area contributed by atoms with E-state index in [1.807, 2.05) is 68.0 Å². The van der Waals surface area contributed by atoms with Crippen molar-refractivity contribution in [3.05, 3.63) is 108 Å². The van der Waals surface area contributed by atoms with Crippen molar-refractivity contribution in [3.63, 3.8) is 0 Å². The Labute approximate surface area is 215 Å². The highest BCUT2D eigenvalue weighted by atomic mass is 32.2. The first-order chi connectivity index (χ1) is 17.8. The van der Waals surface area contributed by atoms with Crippen LogP contribution in [0, 0.1) is 0 Å². The van der Waals surface area contributed by atoms with E-state index in [-0.39, 0.29) is 10.7 Å². The zero-order chi connectivity index (χ0) is 26.0. The number of aromatic nitrogens is 3. The summed E-state index contributed by atoms with van der Waals surface area (Å²) in [5, 5.41) is 13.7. The molecule has 0 spiro atoms. The molecule has 5 rings (SSSR count). The molecule has 0 fully saturated rings. The standard InChI is InChI=1S/C28H27N5O3S/c1-33-18-22(16-32-33)21-9-12-24-25(17-31-26(24)15-21)28(34)27(20-5-3-2-4-6-20)30-14-13-19-7-10-23(11-8-19)37(29,35)36/h2-12,15-18,27,30-31H,13-14H2,1H3,(H2,29,35,36). The Bertz CT molecular complexity index is 1660. The third-order valence-electron chi connectivity index (χ3n) is 6.39. The lowest BCUT2D eigenvalue weighted by Crippen LogP contribution is -2.30. The van der Waals surface area contributed by atoms with Crippen molar-refractivity contribution < 1.29 is 13.2 Å². The number of sulfonamides is 1. The lowest BCUT2D eigenvalue weighted by Gasteiger charge is -2.18. The lowest BCUT2D eigenvalue weighted by atomic mass is 9.96. The first-order valence-corrected chi connectivity index (χ1v) is 13.4. The van der Waals surface area contributed by atoms with Crippen LogP contribution in [0.5, 0.6) is 0 Å². The van der Waals surface area contributed by atoms with Gasteiger partial charge >= 0.3 is 0 Å². The van der Waals surface area contributed by atoms with E-state index in [1.165, 1.54) is 12.1 Å². The van der Waals surface area contributed by atoms with Crippen LogP contribution < -0.4 is 10.5 Å². The van der Waals surface area contributed by atoms with Crippen LogP contribution in [-0.4, -0.2) is 35.5 Å². The summed E-state index contributed by atoms with van der Waals surface area (Å²) in [5.41, 5.74) is 5.34. The number of fused-ring (bicyclic) bond motifs is 1. The van der Waals surface area contributed by atoms with E-state index in [4.69, 9.17) is 5.14 Å². The van der Waals surface area contributed by atoms with Crippen LogP contribution in [0.2, 0.25) is 0 Å². The van der Waals surface area contributed by atoms with Gasteiger partial charge < -0.3 is 10.3 Å². The number of benzene rings is 3. The van der Waals surface area contributed by atoms with Crippen LogP contribution in [0.4, 0.5) is 0 Å². The second-order valence-electron chi connectivity index (χ2n) is 8.97. The molecule has 3 aromatic carbocycles. The molecule has 0 radical (unpaired) electrons. The minimum Gasteiger partial charge on any atom is -0.360 e. The van der Waals surface area contributed by atoms with Gasteiger partial charge in [-0.15, -0.1) is 0 Å². The molecule has 0 aliphatic carbocycles. The molecule has 4 N–H and O–H groups in total. The third-order valence-corrected chi connectivity index (χ3v) is 7.32. The van der Waals surface area contributed by atoms with Crippen LogP contribution in [0.3, 0.4) is 0 Å². The minimum absolute atomic E-state index is 0.0313. The van der Waals surface area contributed by atoms with Gasteiger partial charge in [-0.1, -0.05) is 54.6 Å². The monoisotopic (exact) mass is 513 g/mol. The van der Waals surface area contributed by atoms with E-state index in [9.17, 15) is 13.2 Å². The van der Waals surface area contributed by atoms with Crippen LogP contribution in [-0.2, 0) is 23.5 Å². The molecule has 0 saturated heterocycles. The first kappa shape index (κ1) is 24.6. The maximum Gasteiger partial charge on any atom is 0.238 e. The average molecular weight is 514 g/mol. The molecular weight excluding hydrogens is 486 g/mol. The van der Waals surface area contributed by atoms with Gasteiger partial charge in [0.1, 0.15) is 0 Å². The number of Topliss-reactive ketones (excluding diaryl/α,β-unsaturated/α-hetero) is 1. The molecule has 2 aromatic heterocycles. The molecule has 1 atom stereocenters. The smallest absolute Gasteiger partial charge is 0.238 e. The van der Waals surface area contributed by atoms with E-state index in [1.54, 1.807) is 23.0 Å². The molecule has 37 heavy (non-hydrogen) atoms. The first-order valence-electron chi connectivity index (χ1n) is 11.8. The molecule has 0 bridgehead atoms. The molecule has 2 heterocycles. The van der Waals surface area contributed by atoms with E-state index in [0.29, 0.717) is 18.5 Å². The van der Waals surface area contributed by atoms with Gasteiger partial charge in [0, 0.05) is 48.0 Å². The highest BCUT2D eigenvalue weighted by Crippen LogP contribution is 2.28. The van der Waals surface area contributed by atoms with Crippen molar-refractivity contribution in [3.8, 4) is 11.1 Å². The fourth-order valence-electron chi connectivity index (χ4n) is 4.45. The molecule has 1 unspecified atom stereocenters. The van der Waals surface area contributed by atoms with Gasteiger partial charge in [-0.2, -0.15) is 5.10 Å². The third kappa shape index (κ3) is 5.39. The highest BCUT2D eigenvalue weighted by molar-refractivity contribution is 7.89. The fourth-order valence-corrected chi connectivity index (χ4v) is 4.96. The van der Waals surface area contributed by atoms with Crippen molar-refractivity contribution >= 4 is 26.7 Å². The Kier molecular flexibility index (Phi) is 6.75. The van der Waals surface area contributed by atoms with Gasteiger partial charge in [0.2, 0.25) is 10.0 Å². The molecule has 0 saturated carbocycles.